The minimum absolute atomic E-state index is 0.0129. The minimum atomic E-state index is -1.25. The van der Waals surface area contributed by atoms with Gasteiger partial charge in [-0.25, -0.2) is 8.78 Å². The van der Waals surface area contributed by atoms with E-state index in [2.05, 4.69) is 5.32 Å². The third-order valence-corrected chi connectivity index (χ3v) is 7.79. The van der Waals surface area contributed by atoms with Crippen molar-refractivity contribution in [1.82, 2.24) is 20.0 Å². The van der Waals surface area contributed by atoms with Gasteiger partial charge in [-0.3, -0.25) is 19.4 Å². The molecule has 4 aliphatic heterocycles. The molecule has 4 saturated heterocycles. The summed E-state index contributed by atoms with van der Waals surface area (Å²) in [7, 11) is 1.86. The van der Waals surface area contributed by atoms with Crippen molar-refractivity contribution in [3.8, 4) is 0 Å². The van der Waals surface area contributed by atoms with Crippen molar-refractivity contribution in [3.63, 3.8) is 0 Å². The van der Waals surface area contributed by atoms with E-state index in [1.54, 1.807) is 4.90 Å². The number of likely N-dealkylation sites (tertiary alicyclic amines) is 1. The second kappa shape index (κ2) is 10.9. The van der Waals surface area contributed by atoms with Crippen LogP contribution in [-0.4, -0.2) is 126 Å². The summed E-state index contributed by atoms with van der Waals surface area (Å²) in [4.78, 5) is 31.7. The number of likely N-dealkylation sites (N-methyl/N-ethyl adjacent to an activating group) is 1. The summed E-state index contributed by atoms with van der Waals surface area (Å²) in [6.45, 7) is 2.38. The highest BCUT2D eigenvalue weighted by atomic mass is 19.2. The molecule has 0 radical (unpaired) electrons. The number of morpholine rings is 1. The molecule has 1 aromatic carbocycles. The van der Waals surface area contributed by atoms with Gasteiger partial charge in [-0.1, -0.05) is 6.07 Å². The Morgan fingerprint density at radius 2 is 1.84 bits per heavy atom. The number of benzene rings is 1. The van der Waals surface area contributed by atoms with E-state index in [9.17, 15) is 28.6 Å². The number of carbonyl (C=O) groups excluding carboxylic acids is 2. The maximum absolute atomic E-state index is 13.9. The Morgan fingerprint density at radius 1 is 1.05 bits per heavy atom. The van der Waals surface area contributed by atoms with Crippen LogP contribution in [0.1, 0.15) is 18.4 Å². The lowest BCUT2D eigenvalue weighted by Gasteiger charge is -2.38. The van der Waals surface area contributed by atoms with Gasteiger partial charge in [0.25, 0.3) is 0 Å². The van der Waals surface area contributed by atoms with Crippen LogP contribution in [0.15, 0.2) is 18.2 Å². The van der Waals surface area contributed by atoms with E-state index in [4.69, 9.17) is 9.47 Å². The molecule has 12 heteroatoms. The molecule has 4 fully saturated rings. The molecule has 3 N–H and O–H groups in total. The maximum Gasteiger partial charge on any atom is 0.240 e. The molecule has 6 bridgehead atoms. The number of amides is 2. The number of nitrogens with zero attached hydrogens (tertiary/aromatic N) is 3. The molecule has 1 aromatic rings. The van der Waals surface area contributed by atoms with Crippen LogP contribution in [0.25, 0.3) is 0 Å². The van der Waals surface area contributed by atoms with E-state index in [-0.39, 0.29) is 49.5 Å². The van der Waals surface area contributed by atoms with Gasteiger partial charge in [0, 0.05) is 45.3 Å². The molecule has 0 spiro atoms. The van der Waals surface area contributed by atoms with Gasteiger partial charge in [0.15, 0.2) is 11.6 Å². The summed E-state index contributed by atoms with van der Waals surface area (Å²) in [5.41, 5.74) is 0.514. The molecule has 2 amide bonds. The highest BCUT2D eigenvalue weighted by molar-refractivity contribution is 5.83. The SMILES string of the molecule is CN1C[C@@H]2C[C@H]1C(=O)N1CCO[C@H](CN(Cc3ccc(F)c(F)c3)C[C@H]3O[C@@H](CC(=O)N2)[C@H](O)[C@@H]3O)C1. The molecule has 0 unspecified atom stereocenters. The van der Waals surface area contributed by atoms with Gasteiger partial charge in [-0.15, -0.1) is 0 Å². The third kappa shape index (κ3) is 5.79. The number of aliphatic hydroxyl groups is 2. The molecule has 10 nitrogen and oxygen atoms in total. The zero-order valence-corrected chi connectivity index (χ0v) is 20.8. The number of nitrogens with one attached hydrogen (secondary N) is 1. The van der Waals surface area contributed by atoms with Crippen molar-refractivity contribution >= 4 is 11.8 Å². The van der Waals surface area contributed by atoms with Gasteiger partial charge in [-0.2, -0.15) is 0 Å². The Hall–Kier alpha value is -2.22. The van der Waals surface area contributed by atoms with Crippen molar-refractivity contribution in [2.75, 3.05) is 46.4 Å². The van der Waals surface area contributed by atoms with E-state index in [0.717, 1.165) is 12.1 Å². The lowest BCUT2D eigenvalue weighted by molar-refractivity contribution is -0.144. The number of halogens is 2. The number of fused-ring (bicyclic) bond motifs is 6. The molecular formula is C25H34F2N4O6. The van der Waals surface area contributed by atoms with Crippen LogP contribution >= 0.6 is 0 Å². The number of hydrogen-bond donors (Lipinski definition) is 3. The Bertz CT molecular complexity index is 1020. The lowest BCUT2D eigenvalue weighted by atomic mass is 10.0. The summed E-state index contributed by atoms with van der Waals surface area (Å²) < 4.78 is 39.3. The molecule has 37 heavy (non-hydrogen) atoms. The van der Waals surface area contributed by atoms with Gasteiger partial charge >= 0.3 is 0 Å². The number of aliphatic hydroxyl groups excluding tert-OH is 2. The zero-order valence-electron chi connectivity index (χ0n) is 20.8. The topological polar surface area (TPSA) is 115 Å². The molecule has 4 heterocycles. The van der Waals surface area contributed by atoms with Crippen LogP contribution in [-0.2, 0) is 25.6 Å². The second-order valence-corrected chi connectivity index (χ2v) is 10.6. The zero-order chi connectivity index (χ0) is 26.3. The summed E-state index contributed by atoms with van der Waals surface area (Å²) in [6.07, 6.45) is -4.19. The predicted octanol–water partition coefficient (Wildman–Crippen LogP) is -0.924. The first-order valence-corrected chi connectivity index (χ1v) is 12.8. The summed E-state index contributed by atoms with van der Waals surface area (Å²) in [5.74, 6) is -2.24. The second-order valence-electron chi connectivity index (χ2n) is 10.6. The monoisotopic (exact) mass is 524 g/mol. The van der Waals surface area contributed by atoms with Crippen LogP contribution in [0.3, 0.4) is 0 Å². The van der Waals surface area contributed by atoms with Crippen LogP contribution < -0.4 is 5.32 Å². The normalized spacial score (nSPS) is 36.1. The van der Waals surface area contributed by atoms with Crippen molar-refractivity contribution in [3.05, 3.63) is 35.4 Å². The van der Waals surface area contributed by atoms with Gasteiger partial charge in [0.05, 0.1) is 37.4 Å². The Balaban J connectivity index is 1.40. The smallest absolute Gasteiger partial charge is 0.240 e. The number of ether oxygens (including phenoxy) is 2. The molecule has 0 aromatic heterocycles. The third-order valence-electron chi connectivity index (χ3n) is 7.79. The van der Waals surface area contributed by atoms with Gasteiger partial charge in [-0.05, 0) is 31.2 Å². The van der Waals surface area contributed by atoms with E-state index < -0.39 is 36.1 Å². The fraction of sp³-hybridized carbons (Fsp3) is 0.680. The van der Waals surface area contributed by atoms with Crippen LogP contribution in [0.5, 0.6) is 0 Å². The molecule has 5 rings (SSSR count). The van der Waals surface area contributed by atoms with Crippen LogP contribution in [0.2, 0.25) is 0 Å². The maximum atomic E-state index is 13.9. The van der Waals surface area contributed by atoms with Gasteiger partial charge < -0.3 is 29.9 Å². The Morgan fingerprint density at radius 3 is 2.62 bits per heavy atom. The highest BCUT2D eigenvalue weighted by Gasteiger charge is 2.45. The quantitative estimate of drug-likeness (QED) is 0.455. The van der Waals surface area contributed by atoms with E-state index >= 15 is 0 Å². The average Bonchev–Trinajstić information content (AvgIpc) is 3.34. The molecule has 7 atom stereocenters. The first kappa shape index (κ1) is 26.4. The number of hydrogen-bond acceptors (Lipinski definition) is 8. The highest BCUT2D eigenvalue weighted by Crippen LogP contribution is 2.27. The summed E-state index contributed by atoms with van der Waals surface area (Å²) in [6, 6.07) is 3.09. The molecule has 204 valence electrons. The average molecular weight is 525 g/mol. The fourth-order valence-corrected chi connectivity index (χ4v) is 5.89. The van der Waals surface area contributed by atoms with Crippen LogP contribution in [0.4, 0.5) is 8.78 Å². The first-order chi connectivity index (χ1) is 17.7. The molecule has 0 saturated carbocycles. The number of rotatable bonds is 2. The molecular weight excluding hydrogens is 490 g/mol. The van der Waals surface area contributed by atoms with E-state index in [1.807, 2.05) is 16.8 Å². The Labute approximate surface area is 214 Å². The first-order valence-electron chi connectivity index (χ1n) is 12.8. The predicted molar refractivity (Wildman–Crippen MR) is 126 cm³/mol. The van der Waals surface area contributed by atoms with Crippen molar-refractivity contribution in [2.45, 2.75) is 62.0 Å². The lowest BCUT2D eigenvalue weighted by Crippen LogP contribution is -2.54. The summed E-state index contributed by atoms with van der Waals surface area (Å²) >= 11 is 0. The fourth-order valence-electron chi connectivity index (χ4n) is 5.89. The molecule has 0 aliphatic carbocycles. The van der Waals surface area contributed by atoms with Crippen LogP contribution in [0, 0.1) is 11.6 Å². The van der Waals surface area contributed by atoms with Gasteiger partial charge in [0.2, 0.25) is 11.8 Å². The van der Waals surface area contributed by atoms with Crippen molar-refractivity contribution < 1.29 is 38.1 Å². The van der Waals surface area contributed by atoms with E-state index in [0.29, 0.717) is 44.8 Å². The van der Waals surface area contributed by atoms with Gasteiger partial charge in [0.1, 0.15) is 12.2 Å². The number of carbonyl (C=O) groups is 2. The Kier molecular flexibility index (Phi) is 7.75. The minimum Gasteiger partial charge on any atom is -0.388 e. The largest absolute Gasteiger partial charge is 0.388 e. The van der Waals surface area contributed by atoms with Crippen molar-refractivity contribution in [1.29, 1.82) is 0 Å². The standard InChI is InChI=1S/C25H34F2N4O6/c1-29-10-15-7-19(29)25(35)31-4-5-36-16(12-31)11-30(9-14-2-3-17(26)18(27)6-14)13-21-24(34)23(33)20(37-21)8-22(32)28-15/h2-3,6,15-16,19-21,23-24,33-34H,4-5,7-13H2,1H3,(H,28,32)/t15-,16+,19-,20-,21+,23-,24+/m0/s1. The van der Waals surface area contributed by atoms with E-state index in [1.165, 1.54) is 6.07 Å². The molecule has 4 aliphatic rings. The van der Waals surface area contributed by atoms with Crippen molar-refractivity contribution in [2.24, 2.45) is 0 Å². The summed E-state index contributed by atoms with van der Waals surface area (Å²) in [5, 5.41) is 24.3.